The van der Waals surface area contributed by atoms with Gasteiger partial charge in [-0.15, -0.1) is 0 Å². The minimum Gasteiger partial charge on any atom is -0.481 e. The molecule has 0 aliphatic rings. The van der Waals surface area contributed by atoms with Crippen molar-refractivity contribution in [2.24, 2.45) is 23.2 Å². The third-order valence-corrected chi connectivity index (χ3v) is 4.08. The van der Waals surface area contributed by atoms with Gasteiger partial charge in [0.1, 0.15) is 0 Å². The van der Waals surface area contributed by atoms with Crippen molar-refractivity contribution in [2.75, 3.05) is 0 Å². The van der Waals surface area contributed by atoms with Crippen molar-refractivity contribution < 1.29 is 19.8 Å². The molecule has 0 rings (SSSR count). The van der Waals surface area contributed by atoms with Gasteiger partial charge in [-0.25, -0.2) is 0 Å². The van der Waals surface area contributed by atoms with E-state index in [0.29, 0.717) is 11.8 Å². The second-order valence-corrected chi connectivity index (χ2v) is 6.92. The molecule has 4 nitrogen and oxygen atoms in total. The predicted molar refractivity (Wildman–Crippen MR) is 79.6 cm³/mol. The average molecular weight is 286 g/mol. The largest absolute Gasteiger partial charge is 0.481 e. The summed E-state index contributed by atoms with van der Waals surface area (Å²) in [6.07, 6.45) is 3.85. The van der Waals surface area contributed by atoms with Gasteiger partial charge in [0, 0.05) is 0 Å². The fourth-order valence-corrected chi connectivity index (χ4v) is 3.29. The molecule has 0 amide bonds. The first kappa shape index (κ1) is 18.9. The van der Waals surface area contributed by atoms with Crippen molar-refractivity contribution in [3.63, 3.8) is 0 Å². The number of rotatable bonds is 10. The number of hydrogen-bond acceptors (Lipinski definition) is 2. The molecular formula is C16H30O4. The van der Waals surface area contributed by atoms with Gasteiger partial charge in [-0.3, -0.25) is 9.59 Å². The van der Waals surface area contributed by atoms with Crippen LogP contribution >= 0.6 is 0 Å². The van der Waals surface area contributed by atoms with Crippen LogP contribution in [0.25, 0.3) is 0 Å². The van der Waals surface area contributed by atoms with Crippen LogP contribution in [0.15, 0.2) is 0 Å². The number of carboxylic acids is 2. The lowest BCUT2D eigenvalue weighted by atomic mass is 9.70. The molecular weight excluding hydrogens is 256 g/mol. The van der Waals surface area contributed by atoms with E-state index in [2.05, 4.69) is 20.8 Å². The molecule has 0 heterocycles. The second-order valence-electron chi connectivity index (χ2n) is 6.92. The molecule has 0 aromatic heterocycles. The molecule has 0 spiro atoms. The van der Waals surface area contributed by atoms with Crippen molar-refractivity contribution in [3.05, 3.63) is 0 Å². The average Bonchev–Trinajstić information content (AvgIpc) is 2.24. The topological polar surface area (TPSA) is 74.6 Å². The Balaban J connectivity index is 4.66. The Labute approximate surface area is 122 Å². The van der Waals surface area contributed by atoms with Gasteiger partial charge in [-0.2, -0.15) is 0 Å². The summed E-state index contributed by atoms with van der Waals surface area (Å²) in [5.74, 6) is -1.84. The third kappa shape index (κ3) is 6.92. The van der Waals surface area contributed by atoms with E-state index in [4.69, 9.17) is 5.11 Å². The first-order valence-corrected chi connectivity index (χ1v) is 7.54. The third-order valence-electron chi connectivity index (χ3n) is 4.08. The first-order valence-electron chi connectivity index (χ1n) is 7.54. The molecule has 3 unspecified atom stereocenters. The summed E-state index contributed by atoms with van der Waals surface area (Å²) in [6.45, 7) is 10.3. The van der Waals surface area contributed by atoms with Crippen LogP contribution in [-0.2, 0) is 9.59 Å². The predicted octanol–water partition coefficient (Wildman–Crippen LogP) is 4.04. The van der Waals surface area contributed by atoms with E-state index < -0.39 is 23.3 Å². The SMILES string of the molecule is CCCC(C)CC(C)CC(C)(C)C(CC(=O)O)C(=O)O. The molecule has 0 saturated heterocycles. The van der Waals surface area contributed by atoms with E-state index in [1.165, 1.54) is 6.42 Å². The van der Waals surface area contributed by atoms with Crippen molar-refractivity contribution in [1.82, 2.24) is 0 Å². The molecule has 0 aliphatic carbocycles. The molecule has 4 heteroatoms. The van der Waals surface area contributed by atoms with Gasteiger partial charge in [0.25, 0.3) is 0 Å². The van der Waals surface area contributed by atoms with Gasteiger partial charge in [-0.05, 0) is 30.1 Å². The van der Waals surface area contributed by atoms with Gasteiger partial charge in [0.15, 0.2) is 0 Å². The molecule has 0 aliphatic heterocycles. The molecule has 20 heavy (non-hydrogen) atoms. The summed E-state index contributed by atoms with van der Waals surface area (Å²) in [7, 11) is 0. The van der Waals surface area contributed by atoms with Crippen LogP contribution in [0.2, 0.25) is 0 Å². The van der Waals surface area contributed by atoms with E-state index >= 15 is 0 Å². The lowest BCUT2D eigenvalue weighted by molar-refractivity contribution is -0.153. The maximum absolute atomic E-state index is 11.3. The van der Waals surface area contributed by atoms with Crippen LogP contribution in [0, 0.1) is 23.2 Å². The standard InChI is InChI=1S/C16H30O4/c1-6-7-11(2)8-12(3)10-16(4,5)13(15(19)20)9-14(17)18/h11-13H,6-10H2,1-5H3,(H,17,18)(H,19,20). The smallest absolute Gasteiger partial charge is 0.307 e. The Morgan fingerprint density at radius 3 is 2.05 bits per heavy atom. The lowest BCUT2D eigenvalue weighted by Gasteiger charge is -2.34. The molecule has 2 N–H and O–H groups in total. The Kier molecular flexibility index (Phi) is 7.84. The van der Waals surface area contributed by atoms with Gasteiger partial charge >= 0.3 is 11.9 Å². The monoisotopic (exact) mass is 286 g/mol. The molecule has 0 aromatic rings. The zero-order valence-corrected chi connectivity index (χ0v) is 13.5. The van der Waals surface area contributed by atoms with Gasteiger partial charge in [0.2, 0.25) is 0 Å². The van der Waals surface area contributed by atoms with Crippen molar-refractivity contribution in [2.45, 2.75) is 66.7 Å². The Morgan fingerprint density at radius 2 is 1.65 bits per heavy atom. The highest BCUT2D eigenvalue weighted by molar-refractivity contribution is 5.78. The number of carbonyl (C=O) groups is 2. The number of carboxylic acid groups (broad SMARTS) is 2. The maximum atomic E-state index is 11.3. The lowest BCUT2D eigenvalue weighted by Crippen LogP contribution is -2.34. The molecule has 3 atom stereocenters. The minimum absolute atomic E-state index is 0.306. The van der Waals surface area contributed by atoms with Crippen molar-refractivity contribution >= 4 is 11.9 Å². The van der Waals surface area contributed by atoms with Gasteiger partial charge < -0.3 is 10.2 Å². The van der Waals surface area contributed by atoms with Crippen LogP contribution in [0.1, 0.15) is 66.7 Å². The summed E-state index contributed by atoms with van der Waals surface area (Å²) in [5, 5.41) is 18.2. The van der Waals surface area contributed by atoms with E-state index in [9.17, 15) is 14.7 Å². The summed E-state index contributed by atoms with van der Waals surface area (Å²) < 4.78 is 0. The van der Waals surface area contributed by atoms with E-state index in [1.807, 2.05) is 13.8 Å². The molecule has 0 saturated carbocycles. The normalized spacial score (nSPS) is 16.4. The molecule has 118 valence electrons. The van der Waals surface area contributed by atoms with Crippen LogP contribution in [0.3, 0.4) is 0 Å². The zero-order valence-electron chi connectivity index (χ0n) is 13.5. The first-order chi connectivity index (χ1) is 9.10. The van der Waals surface area contributed by atoms with Crippen LogP contribution in [-0.4, -0.2) is 22.2 Å². The van der Waals surface area contributed by atoms with E-state index in [1.54, 1.807) is 0 Å². The van der Waals surface area contributed by atoms with Crippen LogP contribution in [0.5, 0.6) is 0 Å². The molecule has 0 aromatic carbocycles. The van der Waals surface area contributed by atoms with Gasteiger partial charge in [-0.1, -0.05) is 47.5 Å². The summed E-state index contributed by atoms with van der Waals surface area (Å²) >= 11 is 0. The molecule has 0 fully saturated rings. The quantitative estimate of drug-likeness (QED) is 0.635. The highest BCUT2D eigenvalue weighted by atomic mass is 16.4. The zero-order chi connectivity index (χ0) is 15.9. The van der Waals surface area contributed by atoms with Crippen LogP contribution < -0.4 is 0 Å². The van der Waals surface area contributed by atoms with Crippen molar-refractivity contribution in [1.29, 1.82) is 0 Å². The highest BCUT2D eigenvalue weighted by Gasteiger charge is 2.37. The summed E-state index contributed by atoms with van der Waals surface area (Å²) in [5.41, 5.74) is -0.504. The summed E-state index contributed by atoms with van der Waals surface area (Å²) in [4.78, 5) is 22.2. The Bertz CT molecular complexity index is 322. The Hall–Kier alpha value is -1.06. The van der Waals surface area contributed by atoms with E-state index in [-0.39, 0.29) is 6.42 Å². The van der Waals surface area contributed by atoms with E-state index in [0.717, 1.165) is 19.3 Å². The Morgan fingerprint density at radius 1 is 1.10 bits per heavy atom. The molecule has 0 radical (unpaired) electrons. The molecule has 0 bridgehead atoms. The van der Waals surface area contributed by atoms with Gasteiger partial charge in [0.05, 0.1) is 12.3 Å². The van der Waals surface area contributed by atoms with Crippen molar-refractivity contribution in [3.8, 4) is 0 Å². The number of aliphatic carboxylic acids is 2. The fourth-order valence-electron chi connectivity index (χ4n) is 3.29. The maximum Gasteiger partial charge on any atom is 0.307 e. The summed E-state index contributed by atoms with van der Waals surface area (Å²) in [6, 6.07) is 0. The number of hydrogen-bond donors (Lipinski definition) is 2. The van der Waals surface area contributed by atoms with Crippen LogP contribution in [0.4, 0.5) is 0 Å². The second kappa shape index (κ2) is 8.28. The fraction of sp³-hybridized carbons (Fsp3) is 0.875. The highest BCUT2D eigenvalue weighted by Crippen LogP contribution is 2.38. The minimum atomic E-state index is -1.04.